The fourth-order valence-electron chi connectivity index (χ4n) is 2.57. The van der Waals surface area contributed by atoms with Crippen molar-refractivity contribution in [2.24, 2.45) is 0 Å². The first-order valence-corrected chi connectivity index (χ1v) is 8.98. The Morgan fingerprint density at radius 1 is 1.04 bits per heavy atom. The van der Waals surface area contributed by atoms with Gasteiger partial charge in [-0.15, -0.1) is 0 Å². The molecular weight excluding hydrogens is 350 g/mol. The van der Waals surface area contributed by atoms with Crippen molar-refractivity contribution < 1.29 is 19.1 Å². The molecule has 0 spiro atoms. The molecule has 0 N–H and O–H groups in total. The summed E-state index contributed by atoms with van der Waals surface area (Å²) in [5, 5.41) is -0.279. The summed E-state index contributed by atoms with van der Waals surface area (Å²) < 4.78 is 10.9. The Bertz CT molecular complexity index is 862. The van der Waals surface area contributed by atoms with Crippen LogP contribution < -0.4 is 9.47 Å². The molecule has 1 aliphatic heterocycles. The van der Waals surface area contributed by atoms with Crippen molar-refractivity contribution in [2.45, 2.75) is 6.92 Å². The normalized spacial score (nSPS) is 15.6. The van der Waals surface area contributed by atoms with E-state index in [2.05, 4.69) is 0 Å². The van der Waals surface area contributed by atoms with Crippen LogP contribution in [0.15, 0.2) is 53.4 Å². The Balaban J connectivity index is 1.65. The van der Waals surface area contributed by atoms with Gasteiger partial charge in [0.2, 0.25) is 0 Å². The molecule has 0 radical (unpaired) electrons. The number of benzene rings is 2. The summed E-state index contributed by atoms with van der Waals surface area (Å²) in [5.74, 6) is 0.908. The second kappa shape index (κ2) is 8.10. The predicted octanol–water partition coefficient (Wildman–Crippen LogP) is 4.12. The highest BCUT2D eigenvalue weighted by Crippen LogP contribution is 2.32. The molecule has 0 bridgehead atoms. The maximum atomic E-state index is 12.5. The number of carbonyl (C=O) groups excluding carboxylic acids is 2. The van der Waals surface area contributed by atoms with Gasteiger partial charge in [-0.3, -0.25) is 14.5 Å². The molecular formula is C20H19NO4S. The monoisotopic (exact) mass is 369 g/mol. The van der Waals surface area contributed by atoms with Crippen LogP contribution in [0.5, 0.6) is 11.5 Å². The number of thioether (sulfide) groups is 1. The molecule has 0 aliphatic carbocycles. The van der Waals surface area contributed by atoms with Crippen molar-refractivity contribution in [1.82, 2.24) is 4.90 Å². The number of hydrogen-bond donors (Lipinski definition) is 0. The molecule has 1 heterocycles. The summed E-state index contributed by atoms with van der Waals surface area (Å²) in [6.45, 7) is 2.36. The van der Waals surface area contributed by atoms with Crippen molar-refractivity contribution >= 4 is 29.0 Å². The van der Waals surface area contributed by atoms with Gasteiger partial charge in [0.05, 0.1) is 18.6 Å². The van der Waals surface area contributed by atoms with Gasteiger partial charge in [-0.05, 0) is 48.0 Å². The summed E-state index contributed by atoms with van der Waals surface area (Å²) in [6.07, 6.45) is 1.77. The molecule has 5 nitrogen and oxygen atoms in total. The average Bonchev–Trinajstić information content (AvgIpc) is 2.91. The second-order valence-electron chi connectivity index (χ2n) is 5.69. The van der Waals surface area contributed by atoms with Crippen LogP contribution in [-0.4, -0.2) is 36.3 Å². The van der Waals surface area contributed by atoms with Crippen molar-refractivity contribution in [3.63, 3.8) is 0 Å². The van der Waals surface area contributed by atoms with Crippen LogP contribution >= 0.6 is 11.8 Å². The number of carbonyl (C=O) groups is 2. The maximum absolute atomic E-state index is 12.5. The lowest BCUT2D eigenvalue weighted by atomic mass is 10.1. The molecule has 0 aromatic heterocycles. The van der Waals surface area contributed by atoms with E-state index >= 15 is 0 Å². The highest BCUT2D eigenvalue weighted by Gasteiger charge is 2.34. The molecule has 2 aromatic rings. The third kappa shape index (κ3) is 3.91. The first-order valence-electron chi connectivity index (χ1n) is 8.17. The van der Waals surface area contributed by atoms with E-state index in [0.717, 1.165) is 22.9 Å². The number of imide groups is 1. The van der Waals surface area contributed by atoms with Gasteiger partial charge in [-0.1, -0.05) is 36.4 Å². The first-order chi connectivity index (χ1) is 12.6. The minimum atomic E-state index is -0.285. The van der Waals surface area contributed by atoms with Crippen LogP contribution in [0.4, 0.5) is 4.79 Å². The molecule has 1 saturated heterocycles. The number of rotatable bonds is 6. The smallest absolute Gasteiger partial charge is 0.293 e. The largest absolute Gasteiger partial charge is 0.493 e. The number of para-hydroxylation sites is 2. The van der Waals surface area contributed by atoms with Crippen LogP contribution in [0.2, 0.25) is 0 Å². The van der Waals surface area contributed by atoms with Gasteiger partial charge in [0.1, 0.15) is 6.61 Å². The van der Waals surface area contributed by atoms with Gasteiger partial charge < -0.3 is 9.47 Å². The molecule has 2 aromatic carbocycles. The number of methoxy groups -OCH3 is 1. The van der Waals surface area contributed by atoms with Gasteiger partial charge >= 0.3 is 0 Å². The fraction of sp³-hybridized carbons (Fsp3) is 0.200. The maximum Gasteiger partial charge on any atom is 0.293 e. The van der Waals surface area contributed by atoms with Crippen molar-refractivity contribution in [2.75, 3.05) is 20.3 Å². The van der Waals surface area contributed by atoms with Crippen LogP contribution in [0.25, 0.3) is 6.08 Å². The van der Waals surface area contributed by atoms with E-state index in [1.807, 2.05) is 43.3 Å². The van der Waals surface area contributed by atoms with E-state index in [4.69, 9.17) is 9.47 Å². The summed E-state index contributed by atoms with van der Waals surface area (Å²) in [7, 11) is 1.56. The van der Waals surface area contributed by atoms with Crippen LogP contribution in [0, 0.1) is 6.92 Å². The Morgan fingerprint density at radius 3 is 2.46 bits per heavy atom. The summed E-state index contributed by atoms with van der Waals surface area (Å²) >= 11 is 0.958. The average molecular weight is 369 g/mol. The lowest BCUT2D eigenvalue weighted by Gasteiger charge is -2.14. The minimum absolute atomic E-state index is 0.188. The van der Waals surface area contributed by atoms with E-state index in [9.17, 15) is 9.59 Å². The van der Waals surface area contributed by atoms with Gasteiger partial charge in [0.15, 0.2) is 11.5 Å². The molecule has 26 heavy (non-hydrogen) atoms. The molecule has 3 rings (SSSR count). The Kier molecular flexibility index (Phi) is 5.63. The van der Waals surface area contributed by atoms with Crippen LogP contribution in [-0.2, 0) is 4.79 Å². The molecule has 134 valence electrons. The summed E-state index contributed by atoms with van der Waals surface area (Å²) in [4.78, 5) is 26.4. The second-order valence-corrected chi connectivity index (χ2v) is 6.68. The SMILES string of the molecule is COc1ccccc1OCCN1C(=O)S/C(=C\c2ccccc2C)C1=O. The molecule has 6 heteroatoms. The Morgan fingerprint density at radius 2 is 1.73 bits per heavy atom. The molecule has 0 atom stereocenters. The number of amides is 2. The summed E-state index contributed by atoms with van der Waals surface area (Å²) in [5.41, 5.74) is 1.99. The number of ether oxygens (including phenoxy) is 2. The predicted molar refractivity (Wildman–Crippen MR) is 102 cm³/mol. The van der Waals surface area contributed by atoms with Gasteiger partial charge in [-0.2, -0.15) is 0 Å². The van der Waals surface area contributed by atoms with E-state index in [1.54, 1.807) is 25.3 Å². The number of aryl methyl sites for hydroxylation is 1. The highest BCUT2D eigenvalue weighted by atomic mass is 32.2. The number of hydrogen-bond acceptors (Lipinski definition) is 5. The molecule has 1 fully saturated rings. The third-order valence-corrected chi connectivity index (χ3v) is 4.90. The molecule has 0 saturated carbocycles. The van der Waals surface area contributed by atoms with E-state index in [0.29, 0.717) is 16.4 Å². The third-order valence-electron chi connectivity index (χ3n) is 3.99. The lowest BCUT2D eigenvalue weighted by Crippen LogP contribution is -2.32. The number of nitrogens with zero attached hydrogens (tertiary/aromatic N) is 1. The van der Waals surface area contributed by atoms with E-state index < -0.39 is 0 Å². The van der Waals surface area contributed by atoms with Gasteiger partial charge in [0, 0.05) is 0 Å². The lowest BCUT2D eigenvalue weighted by molar-refractivity contribution is -0.123. The first kappa shape index (κ1) is 18.1. The zero-order valence-corrected chi connectivity index (χ0v) is 15.4. The molecule has 0 unspecified atom stereocenters. The van der Waals surface area contributed by atoms with Gasteiger partial charge in [0.25, 0.3) is 11.1 Å². The van der Waals surface area contributed by atoms with Crippen molar-refractivity contribution in [3.05, 3.63) is 64.6 Å². The van der Waals surface area contributed by atoms with Crippen LogP contribution in [0.3, 0.4) is 0 Å². The minimum Gasteiger partial charge on any atom is -0.493 e. The highest BCUT2D eigenvalue weighted by molar-refractivity contribution is 8.18. The zero-order chi connectivity index (χ0) is 18.5. The Hall–Kier alpha value is -2.73. The zero-order valence-electron chi connectivity index (χ0n) is 14.6. The van der Waals surface area contributed by atoms with E-state index in [1.165, 1.54) is 4.90 Å². The fourth-order valence-corrected chi connectivity index (χ4v) is 3.42. The Labute approximate surface area is 156 Å². The van der Waals surface area contributed by atoms with Crippen molar-refractivity contribution in [3.8, 4) is 11.5 Å². The van der Waals surface area contributed by atoms with E-state index in [-0.39, 0.29) is 24.3 Å². The van der Waals surface area contributed by atoms with Crippen LogP contribution in [0.1, 0.15) is 11.1 Å². The van der Waals surface area contributed by atoms with Crippen molar-refractivity contribution in [1.29, 1.82) is 0 Å². The summed E-state index contributed by atoms with van der Waals surface area (Å²) in [6, 6.07) is 15.0. The molecule has 1 aliphatic rings. The quantitative estimate of drug-likeness (QED) is 0.717. The van der Waals surface area contributed by atoms with Gasteiger partial charge in [-0.25, -0.2) is 0 Å². The topological polar surface area (TPSA) is 55.8 Å². The molecule has 2 amide bonds. The standard InChI is InChI=1S/C20H19NO4S/c1-14-7-3-4-8-15(14)13-18-19(22)21(20(23)26-18)11-12-25-17-10-6-5-9-16(17)24-2/h3-10,13H,11-12H2,1-2H3/b18-13-.